The molecule has 1 heterocycles. The van der Waals surface area contributed by atoms with E-state index in [2.05, 4.69) is 55.6 Å². The third-order valence-corrected chi connectivity index (χ3v) is 13.4. The van der Waals surface area contributed by atoms with Gasteiger partial charge in [0, 0.05) is 6.42 Å². The van der Waals surface area contributed by atoms with Crippen LogP contribution in [0.1, 0.15) is 258 Å². The third kappa shape index (κ3) is 37.6. The number of carbonyl (C=O) groups excluding carboxylic acids is 1. The topological polar surface area (TPSA) is 149 Å². The highest BCUT2D eigenvalue weighted by Gasteiger charge is 2.44. The van der Waals surface area contributed by atoms with Gasteiger partial charge >= 0.3 is 0 Å². The maximum atomic E-state index is 13.0. The zero-order valence-corrected chi connectivity index (χ0v) is 43.4. The average Bonchev–Trinajstić information content (AvgIpc) is 3.33. The number of hydrogen-bond acceptors (Lipinski definition) is 8. The predicted molar refractivity (Wildman–Crippen MR) is 281 cm³/mol. The molecule has 7 atom stereocenters. The van der Waals surface area contributed by atoms with Gasteiger partial charge in [-0.05, 0) is 64.2 Å². The monoisotopic (exact) mass is 946 g/mol. The number of amides is 1. The summed E-state index contributed by atoms with van der Waals surface area (Å²) in [5.74, 6) is -0.188. The molecule has 0 aromatic heterocycles. The molecular formula is C58H107NO8. The molecule has 1 rings (SSSR count). The molecular weight excluding hydrogens is 839 g/mol. The highest BCUT2D eigenvalue weighted by atomic mass is 16.7. The van der Waals surface area contributed by atoms with Crippen molar-refractivity contribution in [2.45, 2.75) is 301 Å². The van der Waals surface area contributed by atoms with Crippen LogP contribution >= 0.6 is 0 Å². The van der Waals surface area contributed by atoms with Gasteiger partial charge in [-0.15, -0.1) is 0 Å². The van der Waals surface area contributed by atoms with Crippen molar-refractivity contribution in [1.82, 2.24) is 5.32 Å². The van der Waals surface area contributed by atoms with Crippen molar-refractivity contribution >= 4 is 5.91 Å². The highest BCUT2D eigenvalue weighted by Crippen LogP contribution is 2.23. The van der Waals surface area contributed by atoms with Gasteiger partial charge in [0.25, 0.3) is 0 Å². The molecule has 0 aliphatic carbocycles. The highest BCUT2D eigenvalue weighted by molar-refractivity contribution is 5.76. The minimum atomic E-state index is -1.57. The summed E-state index contributed by atoms with van der Waals surface area (Å²) < 4.78 is 11.2. The van der Waals surface area contributed by atoms with Crippen LogP contribution in [-0.4, -0.2) is 87.5 Å². The molecule has 1 aliphatic rings. The van der Waals surface area contributed by atoms with Crippen molar-refractivity contribution < 1.29 is 39.8 Å². The Kier molecular flexibility index (Phi) is 45.1. The summed E-state index contributed by atoms with van der Waals surface area (Å²) in [5.41, 5.74) is 0. The van der Waals surface area contributed by atoms with Crippen molar-refractivity contribution in [2.75, 3.05) is 13.2 Å². The van der Waals surface area contributed by atoms with E-state index < -0.39 is 49.5 Å². The van der Waals surface area contributed by atoms with Crippen molar-refractivity contribution in [3.63, 3.8) is 0 Å². The summed E-state index contributed by atoms with van der Waals surface area (Å²) in [6.07, 6.45) is 56.5. The molecule has 0 radical (unpaired) electrons. The number of ether oxygens (including phenoxy) is 2. The molecule has 0 spiro atoms. The van der Waals surface area contributed by atoms with Crippen molar-refractivity contribution in [3.05, 3.63) is 48.6 Å². The van der Waals surface area contributed by atoms with Crippen LogP contribution in [-0.2, 0) is 14.3 Å². The maximum absolute atomic E-state index is 13.0. The zero-order chi connectivity index (χ0) is 48.7. The molecule has 0 aromatic carbocycles. The Balaban J connectivity index is 2.05. The summed E-state index contributed by atoms with van der Waals surface area (Å²) in [4.78, 5) is 13.0. The minimum absolute atomic E-state index is 0.188. The van der Waals surface area contributed by atoms with Crippen LogP contribution in [0.2, 0.25) is 0 Å². The zero-order valence-electron chi connectivity index (χ0n) is 43.4. The fourth-order valence-electron chi connectivity index (χ4n) is 8.85. The number of rotatable bonds is 48. The molecule has 0 saturated carbocycles. The number of hydrogen-bond donors (Lipinski definition) is 6. The lowest BCUT2D eigenvalue weighted by molar-refractivity contribution is -0.302. The number of unbranched alkanes of at least 4 members (excludes halogenated alkanes) is 32. The van der Waals surface area contributed by atoms with E-state index in [1.54, 1.807) is 6.08 Å². The maximum Gasteiger partial charge on any atom is 0.220 e. The Labute approximate surface area is 412 Å². The summed E-state index contributed by atoms with van der Waals surface area (Å²) in [6.45, 7) is 3.71. The minimum Gasteiger partial charge on any atom is -0.394 e. The number of allylic oxidation sites excluding steroid dienone is 7. The molecule has 1 aliphatic heterocycles. The van der Waals surface area contributed by atoms with Gasteiger partial charge in [0.1, 0.15) is 24.4 Å². The smallest absolute Gasteiger partial charge is 0.220 e. The molecule has 1 amide bonds. The lowest BCUT2D eigenvalue weighted by Gasteiger charge is -2.40. The Morgan fingerprint density at radius 3 is 1.37 bits per heavy atom. The lowest BCUT2D eigenvalue weighted by atomic mass is 9.99. The van der Waals surface area contributed by atoms with Crippen LogP contribution in [0.3, 0.4) is 0 Å². The van der Waals surface area contributed by atoms with Crippen LogP contribution in [0, 0.1) is 0 Å². The average molecular weight is 946 g/mol. The predicted octanol–water partition coefficient (Wildman–Crippen LogP) is 13.7. The molecule has 0 bridgehead atoms. The van der Waals surface area contributed by atoms with E-state index in [1.165, 1.54) is 193 Å². The van der Waals surface area contributed by atoms with Crippen LogP contribution in [0.25, 0.3) is 0 Å². The van der Waals surface area contributed by atoms with Gasteiger partial charge < -0.3 is 40.3 Å². The molecule has 0 aromatic rings. The second kappa shape index (κ2) is 47.8. The molecule has 1 fully saturated rings. The molecule has 7 unspecified atom stereocenters. The number of nitrogens with one attached hydrogen (secondary N) is 1. The molecule has 9 heteroatoms. The van der Waals surface area contributed by atoms with E-state index in [-0.39, 0.29) is 12.5 Å². The molecule has 1 saturated heterocycles. The first-order valence-corrected chi connectivity index (χ1v) is 28.4. The van der Waals surface area contributed by atoms with Gasteiger partial charge in [-0.1, -0.05) is 236 Å². The summed E-state index contributed by atoms with van der Waals surface area (Å²) in [5, 5.41) is 54.1. The molecule has 67 heavy (non-hydrogen) atoms. The van der Waals surface area contributed by atoms with Crippen molar-refractivity contribution in [3.8, 4) is 0 Å². The van der Waals surface area contributed by atoms with Crippen LogP contribution < -0.4 is 5.32 Å². The van der Waals surface area contributed by atoms with Crippen LogP contribution in [0.5, 0.6) is 0 Å². The number of aliphatic hydroxyl groups excluding tert-OH is 5. The van der Waals surface area contributed by atoms with Gasteiger partial charge in [-0.25, -0.2) is 0 Å². The molecule has 392 valence electrons. The largest absolute Gasteiger partial charge is 0.394 e. The molecule has 9 nitrogen and oxygen atoms in total. The summed E-state index contributed by atoms with van der Waals surface area (Å²) >= 11 is 0. The number of carbonyl (C=O) groups is 1. The van der Waals surface area contributed by atoms with Gasteiger partial charge in [0.2, 0.25) is 5.91 Å². The van der Waals surface area contributed by atoms with Crippen LogP contribution in [0.15, 0.2) is 48.6 Å². The van der Waals surface area contributed by atoms with Gasteiger partial charge in [0.15, 0.2) is 6.29 Å². The summed E-state index contributed by atoms with van der Waals surface area (Å²) in [6, 6.07) is -0.819. The van der Waals surface area contributed by atoms with E-state index in [4.69, 9.17) is 9.47 Å². The van der Waals surface area contributed by atoms with Gasteiger partial charge in [0.05, 0.1) is 25.4 Å². The second-order valence-corrected chi connectivity index (χ2v) is 19.7. The third-order valence-electron chi connectivity index (χ3n) is 13.4. The molecule has 6 N–H and O–H groups in total. The number of aliphatic hydroxyl groups is 5. The van der Waals surface area contributed by atoms with Crippen molar-refractivity contribution in [1.29, 1.82) is 0 Å². The van der Waals surface area contributed by atoms with E-state index in [9.17, 15) is 30.3 Å². The van der Waals surface area contributed by atoms with E-state index >= 15 is 0 Å². The quantitative estimate of drug-likeness (QED) is 0.0261. The van der Waals surface area contributed by atoms with E-state index in [0.717, 1.165) is 44.9 Å². The normalized spacial score (nSPS) is 20.0. The van der Waals surface area contributed by atoms with E-state index in [1.807, 2.05) is 6.08 Å². The standard InChI is InChI=1S/C58H107NO8/c1-3-5-7-9-11-13-14-15-16-17-18-19-20-21-22-23-24-25-26-27-28-29-30-31-32-33-34-35-36-37-38-40-42-44-46-48-54(62)59-51(52(61)47-45-43-41-39-12-10-8-6-4-2)50-66-58-57(65)56(64)55(63)53(49-60)67-58/h12,20-21,23-24,39,45,47,51-53,55-58,60-61,63-65H,3-11,13-19,22,25-38,40-44,46,48-50H2,1-2H3,(H,59,62)/b21-20-,24-23-,39-12+,47-45+. The lowest BCUT2D eigenvalue weighted by Crippen LogP contribution is -2.60. The Morgan fingerprint density at radius 2 is 0.896 bits per heavy atom. The Morgan fingerprint density at radius 1 is 0.507 bits per heavy atom. The van der Waals surface area contributed by atoms with Gasteiger partial charge in [-0.2, -0.15) is 0 Å². The first kappa shape index (κ1) is 63.2. The second-order valence-electron chi connectivity index (χ2n) is 19.7. The first-order chi connectivity index (χ1) is 32.8. The summed E-state index contributed by atoms with van der Waals surface area (Å²) in [7, 11) is 0. The SMILES string of the molecule is CCCCC/C=C/CC/C=C/C(O)C(COC1OC(CO)C(O)C(O)C1O)NC(=O)CCCCCCCCCCCCCCCCCCC/C=C\C/C=C\CCCCCCCCCCCCC. The fourth-order valence-corrected chi connectivity index (χ4v) is 8.85. The Bertz CT molecular complexity index is 1190. The van der Waals surface area contributed by atoms with Gasteiger partial charge in [-0.3, -0.25) is 4.79 Å². The van der Waals surface area contributed by atoms with Crippen molar-refractivity contribution in [2.24, 2.45) is 0 Å². The van der Waals surface area contributed by atoms with Crippen LogP contribution in [0.4, 0.5) is 0 Å². The fraction of sp³-hybridized carbons (Fsp3) is 0.845. The Hall–Kier alpha value is -1.85. The first-order valence-electron chi connectivity index (χ1n) is 28.4. The van der Waals surface area contributed by atoms with E-state index in [0.29, 0.717) is 6.42 Å².